The number of carboxylic acids is 1. The molecule has 0 aliphatic carbocycles. The Hall–Kier alpha value is -1.51. The third kappa shape index (κ3) is 5.41. The van der Waals surface area contributed by atoms with E-state index in [4.69, 9.17) is 5.11 Å². The number of carbonyl (C=O) groups is 2. The van der Waals surface area contributed by atoms with Crippen LogP contribution in [0, 0.1) is 0 Å². The lowest BCUT2D eigenvalue weighted by Gasteiger charge is -2.38. The first kappa shape index (κ1) is 17.5. The fraction of sp³-hybridized carbons (Fsp3) is 0.833. The van der Waals surface area contributed by atoms with Gasteiger partial charge in [-0.1, -0.05) is 0 Å². The molecule has 1 unspecified atom stereocenters. The highest BCUT2D eigenvalue weighted by atomic mass is 19.4. The standard InChI is InChI=1S/C12H20F3N3O3/c1-9(10(19)20)17-5-7-18(8-6-17)11(21)16(2)4-3-12(13,14)15/h9H,3-8H2,1-2H3,(H,19,20). The Morgan fingerprint density at radius 3 is 2.19 bits per heavy atom. The van der Waals surface area contributed by atoms with E-state index >= 15 is 0 Å². The van der Waals surface area contributed by atoms with Gasteiger partial charge in [-0.15, -0.1) is 0 Å². The maximum absolute atomic E-state index is 12.1. The summed E-state index contributed by atoms with van der Waals surface area (Å²) in [5, 5.41) is 8.91. The Balaban J connectivity index is 2.43. The molecule has 1 aliphatic rings. The van der Waals surface area contributed by atoms with E-state index in [0.29, 0.717) is 26.2 Å². The summed E-state index contributed by atoms with van der Waals surface area (Å²) in [4.78, 5) is 27.1. The zero-order valence-corrected chi connectivity index (χ0v) is 12.1. The largest absolute Gasteiger partial charge is 0.480 e. The van der Waals surface area contributed by atoms with Crippen LogP contribution in [0.25, 0.3) is 0 Å². The van der Waals surface area contributed by atoms with Gasteiger partial charge in [0.1, 0.15) is 6.04 Å². The van der Waals surface area contributed by atoms with E-state index in [1.54, 1.807) is 11.8 Å². The van der Waals surface area contributed by atoms with Crippen molar-refractivity contribution in [2.45, 2.75) is 25.6 Å². The SMILES string of the molecule is CC(C(=O)O)N1CCN(C(=O)N(C)CCC(F)(F)F)CC1. The van der Waals surface area contributed by atoms with Crippen LogP contribution in [0.5, 0.6) is 0 Å². The van der Waals surface area contributed by atoms with E-state index in [0.717, 1.165) is 4.90 Å². The fourth-order valence-electron chi connectivity index (χ4n) is 2.09. The quantitative estimate of drug-likeness (QED) is 0.844. The van der Waals surface area contributed by atoms with Crippen molar-refractivity contribution in [2.75, 3.05) is 39.8 Å². The predicted octanol–water partition coefficient (Wildman–Crippen LogP) is 1.08. The molecule has 1 aliphatic heterocycles. The molecule has 6 nitrogen and oxygen atoms in total. The molecule has 1 N–H and O–H groups in total. The van der Waals surface area contributed by atoms with Gasteiger partial charge < -0.3 is 14.9 Å². The Bertz CT molecular complexity index is 382. The van der Waals surface area contributed by atoms with Gasteiger partial charge in [0.05, 0.1) is 6.42 Å². The van der Waals surface area contributed by atoms with Crippen molar-refractivity contribution in [1.82, 2.24) is 14.7 Å². The predicted molar refractivity (Wildman–Crippen MR) is 68.9 cm³/mol. The van der Waals surface area contributed by atoms with Crippen LogP contribution < -0.4 is 0 Å². The number of piperazine rings is 1. The first-order valence-corrected chi connectivity index (χ1v) is 6.65. The number of nitrogens with zero attached hydrogens (tertiary/aromatic N) is 3. The Morgan fingerprint density at radius 1 is 1.24 bits per heavy atom. The van der Waals surface area contributed by atoms with Gasteiger partial charge in [-0.05, 0) is 6.92 Å². The smallest absolute Gasteiger partial charge is 0.390 e. The number of alkyl halides is 3. The van der Waals surface area contributed by atoms with E-state index in [2.05, 4.69) is 0 Å². The Morgan fingerprint density at radius 2 is 1.76 bits per heavy atom. The molecular weight excluding hydrogens is 291 g/mol. The van der Waals surface area contributed by atoms with E-state index in [9.17, 15) is 22.8 Å². The van der Waals surface area contributed by atoms with Gasteiger partial charge in [0.15, 0.2) is 0 Å². The number of amides is 2. The van der Waals surface area contributed by atoms with Gasteiger partial charge in [-0.3, -0.25) is 9.69 Å². The third-order valence-corrected chi connectivity index (χ3v) is 3.55. The molecule has 9 heteroatoms. The van der Waals surface area contributed by atoms with Crippen LogP contribution in [0.4, 0.5) is 18.0 Å². The molecule has 1 atom stereocenters. The lowest BCUT2D eigenvalue weighted by molar-refractivity contribution is -0.143. The summed E-state index contributed by atoms with van der Waals surface area (Å²) < 4.78 is 36.4. The summed E-state index contributed by atoms with van der Waals surface area (Å²) in [5.41, 5.74) is 0. The average molecular weight is 311 g/mol. The maximum atomic E-state index is 12.1. The van der Waals surface area contributed by atoms with Crippen LogP contribution in [-0.4, -0.2) is 83.8 Å². The van der Waals surface area contributed by atoms with Gasteiger partial charge in [0.25, 0.3) is 0 Å². The Kier molecular flexibility index (Phi) is 5.82. The highest BCUT2D eigenvalue weighted by Crippen LogP contribution is 2.20. The number of rotatable bonds is 4. The fourth-order valence-corrected chi connectivity index (χ4v) is 2.09. The summed E-state index contributed by atoms with van der Waals surface area (Å²) >= 11 is 0. The molecule has 0 aromatic rings. The number of urea groups is 1. The molecule has 0 bridgehead atoms. The second-order valence-corrected chi connectivity index (χ2v) is 5.11. The van der Waals surface area contributed by atoms with Crippen molar-refractivity contribution in [2.24, 2.45) is 0 Å². The number of hydrogen-bond acceptors (Lipinski definition) is 3. The molecule has 1 heterocycles. The monoisotopic (exact) mass is 311 g/mol. The number of carbonyl (C=O) groups excluding carboxylic acids is 1. The minimum atomic E-state index is -4.29. The van der Waals surface area contributed by atoms with Crippen molar-refractivity contribution in [1.29, 1.82) is 0 Å². The van der Waals surface area contributed by atoms with E-state index in [-0.39, 0.29) is 6.54 Å². The number of aliphatic carboxylic acids is 1. The molecule has 0 saturated carbocycles. The van der Waals surface area contributed by atoms with Crippen LogP contribution >= 0.6 is 0 Å². The third-order valence-electron chi connectivity index (χ3n) is 3.55. The molecule has 0 spiro atoms. The summed E-state index contributed by atoms with van der Waals surface area (Å²) in [7, 11) is 1.33. The Labute approximate surface area is 121 Å². The zero-order valence-electron chi connectivity index (χ0n) is 12.1. The molecule has 2 amide bonds. The van der Waals surface area contributed by atoms with Gasteiger partial charge in [0.2, 0.25) is 0 Å². The van der Waals surface area contributed by atoms with Gasteiger partial charge in [0, 0.05) is 39.8 Å². The summed E-state index contributed by atoms with van der Waals surface area (Å²) in [6, 6.07) is -1.09. The molecule has 0 radical (unpaired) electrons. The number of halogens is 3. The van der Waals surface area contributed by atoms with Crippen LogP contribution in [0.2, 0.25) is 0 Å². The topological polar surface area (TPSA) is 64.1 Å². The molecule has 1 rings (SSSR count). The van der Waals surface area contributed by atoms with Crippen molar-refractivity contribution in [3.8, 4) is 0 Å². The molecule has 122 valence electrons. The number of carboxylic acid groups (broad SMARTS) is 1. The van der Waals surface area contributed by atoms with Gasteiger partial charge >= 0.3 is 18.2 Å². The van der Waals surface area contributed by atoms with Gasteiger partial charge in [-0.25, -0.2) is 4.79 Å². The van der Waals surface area contributed by atoms with Crippen molar-refractivity contribution in [3.05, 3.63) is 0 Å². The first-order chi connectivity index (χ1) is 9.61. The summed E-state index contributed by atoms with van der Waals surface area (Å²) in [6.45, 7) is 2.60. The van der Waals surface area contributed by atoms with Crippen molar-refractivity contribution >= 4 is 12.0 Å². The highest BCUT2D eigenvalue weighted by molar-refractivity contribution is 5.75. The number of hydrogen-bond donors (Lipinski definition) is 1. The van der Waals surface area contributed by atoms with Crippen LogP contribution in [0.1, 0.15) is 13.3 Å². The lowest BCUT2D eigenvalue weighted by Crippen LogP contribution is -2.55. The molecular formula is C12H20F3N3O3. The maximum Gasteiger partial charge on any atom is 0.390 e. The molecule has 1 fully saturated rings. The summed E-state index contributed by atoms with van der Waals surface area (Å²) in [6.07, 6.45) is -5.32. The van der Waals surface area contributed by atoms with E-state index < -0.39 is 30.6 Å². The zero-order chi connectivity index (χ0) is 16.2. The average Bonchev–Trinajstić information content (AvgIpc) is 2.42. The van der Waals surface area contributed by atoms with Crippen molar-refractivity contribution < 1.29 is 27.9 Å². The minimum absolute atomic E-state index is 0.312. The van der Waals surface area contributed by atoms with Crippen molar-refractivity contribution in [3.63, 3.8) is 0 Å². The second-order valence-electron chi connectivity index (χ2n) is 5.11. The first-order valence-electron chi connectivity index (χ1n) is 6.65. The molecule has 1 saturated heterocycles. The molecule has 21 heavy (non-hydrogen) atoms. The summed E-state index contributed by atoms with van der Waals surface area (Å²) in [5.74, 6) is -0.933. The highest BCUT2D eigenvalue weighted by Gasteiger charge is 2.31. The normalized spacial score (nSPS) is 18.4. The van der Waals surface area contributed by atoms with Crippen LogP contribution in [0.15, 0.2) is 0 Å². The second kappa shape index (κ2) is 6.97. The van der Waals surface area contributed by atoms with Gasteiger partial charge in [-0.2, -0.15) is 13.2 Å². The van der Waals surface area contributed by atoms with Crippen LogP contribution in [-0.2, 0) is 4.79 Å². The van der Waals surface area contributed by atoms with E-state index in [1.807, 2.05) is 0 Å². The van der Waals surface area contributed by atoms with E-state index in [1.165, 1.54) is 11.9 Å². The minimum Gasteiger partial charge on any atom is -0.480 e. The molecule has 0 aromatic heterocycles. The molecule has 0 aromatic carbocycles. The van der Waals surface area contributed by atoms with Crippen LogP contribution in [0.3, 0.4) is 0 Å². The lowest BCUT2D eigenvalue weighted by atomic mass is 10.2.